The maximum absolute atomic E-state index is 11.2. The molecule has 154 valence electrons. The van der Waals surface area contributed by atoms with Gasteiger partial charge in [-0.1, -0.05) is 60.4 Å². The smallest absolute Gasteiger partial charge is 0.309 e. The first-order chi connectivity index (χ1) is 14.6. The van der Waals surface area contributed by atoms with E-state index in [0.29, 0.717) is 6.54 Å². The number of fused-ring (bicyclic) bond motifs is 2. The maximum atomic E-state index is 11.2. The van der Waals surface area contributed by atoms with E-state index in [1.165, 1.54) is 25.9 Å². The Hall–Kier alpha value is -2.57. The molecule has 0 spiro atoms. The molecule has 30 heavy (non-hydrogen) atoms. The van der Waals surface area contributed by atoms with Crippen molar-refractivity contribution in [1.82, 2.24) is 0 Å². The van der Waals surface area contributed by atoms with Crippen molar-refractivity contribution >= 4 is 51.0 Å². The van der Waals surface area contributed by atoms with E-state index in [4.69, 9.17) is 0 Å². The Labute approximate surface area is 185 Å². The number of carboxylic acid groups (broad SMARTS) is 1. The van der Waals surface area contributed by atoms with E-state index < -0.39 is 5.97 Å². The van der Waals surface area contributed by atoms with Crippen molar-refractivity contribution in [3.05, 3.63) is 70.2 Å². The van der Waals surface area contributed by atoms with Gasteiger partial charge in [0.15, 0.2) is 6.54 Å². The number of thioether (sulfide) groups is 1. The fourth-order valence-electron chi connectivity index (χ4n) is 3.79. The SMILES string of the molecule is CCc1cccc2sc(C=CC=C3Sc4ccccc4N3CC)[n+](CCC(=O)O)c12. The molecule has 3 aromatic rings. The van der Waals surface area contributed by atoms with Crippen molar-refractivity contribution in [1.29, 1.82) is 0 Å². The number of rotatable bonds is 7. The number of nitrogens with zero attached hydrogens (tertiary/aromatic N) is 2. The van der Waals surface area contributed by atoms with Gasteiger partial charge in [-0.2, -0.15) is 4.57 Å². The Morgan fingerprint density at radius 3 is 2.77 bits per heavy atom. The van der Waals surface area contributed by atoms with Crippen molar-refractivity contribution < 1.29 is 14.5 Å². The van der Waals surface area contributed by atoms with Crippen LogP contribution in [0.1, 0.15) is 30.8 Å². The summed E-state index contributed by atoms with van der Waals surface area (Å²) in [4.78, 5) is 14.8. The predicted molar refractivity (Wildman–Crippen MR) is 126 cm³/mol. The first-order valence-corrected chi connectivity index (χ1v) is 11.8. The highest BCUT2D eigenvalue weighted by molar-refractivity contribution is 8.03. The first kappa shape index (κ1) is 20.7. The van der Waals surface area contributed by atoms with Gasteiger partial charge < -0.3 is 10.0 Å². The summed E-state index contributed by atoms with van der Waals surface area (Å²) in [6.07, 6.45) is 7.39. The van der Waals surface area contributed by atoms with E-state index in [1.807, 2.05) is 0 Å². The quantitative estimate of drug-likeness (QED) is 0.481. The van der Waals surface area contributed by atoms with Gasteiger partial charge in [-0.15, -0.1) is 0 Å². The molecule has 4 nitrogen and oxygen atoms in total. The average Bonchev–Trinajstić information content (AvgIpc) is 3.29. The van der Waals surface area contributed by atoms with Crippen molar-refractivity contribution in [2.45, 2.75) is 38.1 Å². The predicted octanol–water partition coefficient (Wildman–Crippen LogP) is 5.71. The Kier molecular flexibility index (Phi) is 6.25. The molecule has 0 fully saturated rings. The summed E-state index contributed by atoms with van der Waals surface area (Å²) in [5.41, 5.74) is 3.68. The van der Waals surface area contributed by atoms with E-state index in [9.17, 15) is 9.90 Å². The lowest BCUT2D eigenvalue weighted by Crippen LogP contribution is -2.36. The molecule has 1 aliphatic rings. The molecular formula is C24H25N2O2S2+. The van der Waals surface area contributed by atoms with Crippen LogP contribution in [-0.2, 0) is 17.8 Å². The molecule has 6 heteroatoms. The van der Waals surface area contributed by atoms with Crippen LogP contribution in [0.25, 0.3) is 16.3 Å². The van der Waals surface area contributed by atoms with Gasteiger partial charge in [0, 0.05) is 23.1 Å². The number of benzene rings is 2. The number of anilines is 1. The third kappa shape index (κ3) is 4.02. The Bertz CT molecular complexity index is 1150. The third-order valence-corrected chi connectivity index (χ3v) is 7.44. The topological polar surface area (TPSA) is 44.4 Å². The zero-order valence-corrected chi connectivity index (χ0v) is 18.8. The number of para-hydroxylation sites is 2. The van der Waals surface area contributed by atoms with Gasteiger partial charge in [-0.25, -0.2) is 0 Å². The molecule has 0 saturated heterocycles. The molecule has 0 atom stereocenters. The van der Waals surface area contributed by atoms with Crippen LogP contribution >= 0.6 is 23.1 Å². The summed E-state index contributed by atoms with van der Waals surface area (Å²) in [6, 6.07) is 14.8. The van der Waals surface area contributed by atoms with Gasteiger partial charge in [-0.05, 0) is 37.6 Å². The van der Waals surface area contributed by atoms with E-state index >= 15 is 0 Å². The Morgan fingerprint density at radius 2 is 2.00 bits per heavy atom. The number of allylic oxidation sites excluding steroid dienone is 2. The summed E-state index contributed by atoms with van der Waals surface area (Å²) in [5, 5.41) is 11.5. The van der Waals surface area contributed by atoms with Crippen LogP contribution < -0.4 is 9.47 Å². The number of hydrogen-bond acceptors (Lipinski definition) is 4. The van der Waals surface area contributed by atoms with Gasteiger partial charge in [0.2, 0.25) is 5.52 Å². The maximum Gasteiger partial charge on any atom is 0.309 e. The van der Waals surface area contributed by atoms with Crippen LogP contribution in [0, 0.1) is 0 Å². The third-order valence-electron chi connectivity index (χ3n) is 5.19. The van der Waals surface area contributed by atoms with Gasteiger partial charge in [0.25, 0.3) is 5.01 Å². The van der Waals surface area contributed by atoms with E-state index in [1.54, 1.807) is 23.1 Å². The van der Waals surface area contributed by atoms with Crippen molar-refractivity contribution in [2.24, 2.45) is 0 Å². The second-order valence-electron chi connectivity index (χ2n) is 7.03. The van der Waals surface area contributed by atoms with Gasteiger partial charge in [0.1, 0.15) is 11.1 Å². The number of carboxylic acids is 1. The summed E-state index contributed by atoms with van der Waals surface area (Å²) in [7, 11) is 0. The Balaban J connectivity index is 1.68. The molecule has 0 saturated carbocycles. The van der Waals surface area contributed by atoms with E-state index in [0.717, 1.165) is 23.5 Å². The summed E-state index contributed by atoms with van der Waals surface area (Å²) in [6.45, 7) is 5.70. The van der Waals surface area contributed by atoms with Gasteiger partial charge in [0.05, 0.1) is 10.7 Å². The standard InChI is InChI=1S/C24H24N2O2S2/c1-3-17-9-7-12-20-24(17)26(16-15-23(27)28)22(30-20)14-8-13-21-25(4-2)18-10-5-6-11-19(18)29-21/h5-14H,3-4,15-16H2,1-2H3/p+1. The van der Waals surface area contributed by atoms with Crippen LogP contribution in [0.5, 0.6) is 0 Å². The van der Waals surface area contributed by atoms with Crippen LogP contribution in [0.3, 0.4) is 0 Å². The number of carbonyl (C=O) groups is 1. The fraction of sp³-hybridized carbons (Fsp3) is 0.250. The summed E-state index contributed by atoms with van der Waals surface area (Å²) < 4.78 is 3.36. The number of hydrogen-bond donors (Lipinski definition) is 1. The molecule has 1 aromatic heterocycles. The molecule has 1 aliphatic heterocycles. The minimum absolute atomic E-state index is 0.116. The summed E-state index contributed by atoms with van der Waals surface area (Å²) in [5.74, 6) is -0.772. The highest BCUT2D eigenvalue weighted by Crippen LogP contribution is 2.45. The molecule has 0 aliphatic carbocycles. The average molecular weight is 438 g/mol. The minimum atomic E-state index is -0.772. The van der Waals surface area contributed by atoms with Gasteiger partial charge in [-0.3, -0.25) is 4.79 Å². The molecular weight excluding hydrogens is 412 g/mol. The fourth-order valence-corrected chi connectivity index (χ4v) is 6.08. The highest BCUT2D eigenvalue weighted by atomic mass is 32.2. The molecule has 4 rings (SSSR count). The lowest BCUT2D eigenvalue weighted by molar-refractivity contribution is -0.668. The molecule has 0 radical (unpaired) electrons. The largest absolute Gasteiger partial charge is 0.481 e. The molecule has 2 heterocycles. The number of aromatic nitrogens is 1. The van der Waals surface area contributed by atoms with Gasteiger partial charge >= 0.3 is 5.97 Å². The highest BCUT2D eigenvalue weighted by Gasteiger charge is 2.24. The van der Waals surface area contributed by atoms with Crippen LogP contribution in [-0.4, -0.2) is 17.6 Å². The van der Waals surface area contributed by atoms with Crippen LogP contribution in [0.4, 0.5) is 5.69 Å². The zero-order valence-electron chi connectivity index (χ0n) is 17.2. The van der Waals surface area contributed by atoms with Crippen molar-refractivity contribution in [2.75, 3.05) is 11.4 Å². The summed E-state index contributed by atoms with van der Waals surface area (Å²) >= 11 is 3.50. The van der Waals surface area contributed by atoms with E-state index in [-0.39, 0.29) is 6.42 Å². The first-order valence-electron chi connectivity index (χ1n) is 10.2. The monoisotopic (exact) mass is 437 g/mol. The molecule has 1 N–H and O–H groups in total. The number of thiazole rings is 1. The second-order valence-corrected chi connectivity index (χ2v) is 9.16. The zero-order chi connectivity index (χ0) is 21.1. The van der Waals surface area contributed by atoms with Crippen LogP contribution in [0.15, 0.2) is 64.5 Å². The molecule has 0 unspecified atom stereocenters. The number of aryl methyl sites for hydroxylation is 2. The minimum Gasteiger partial charge on any atom is -0.481 e. The molecule has 0 bridgehead atoms. The lowest BCUT2D eigenvalue weighted by Gasteiger charge is -2.17. The van der Waals surface area contributed by atoms with Crippen molar-refractivity contribution in [3.8, 4) is 0 Å². The molecule has 0 amide bonds. The molecule has 2 aromatic carbocycles. The van der Waals surface area contributed by atoms with E-state index in [2.05, 4.69) is 84.0 Å². The van der Waals surface area contributed by atoms with Crippen molar-refractivity contribution in [3.63, 3.8) is 0 Å². The number of aliphatic carboxylic acids is 1. The second kappa shape index (κ2) is 9.06. The van der Waals surface area contributed by atoms with Crippen LogP contribution in [0.2, 0.25) is 0 Å². The Morgan fingerprint density at radius 1 is 1.17 bits per heavy atom. The lowest BCUT2D eigenvalue weighted by atomic mass is 10.1. The normalized spacial score (nSPS) is 14.9.